The van der Waals surface area contributed by atoms with E-state index in [1.54, 1.807) is 12.4 Å². The van der Waals surface area contributed by atoms with E-state index in [0.717, 1.165) is 38.9 Å². The second-order valence-corrected chi connectivity index (χ2v) is 8.92. The summed E-state index contributed by atoms with van der Waals surface area (Å²) < 4.78 is 0. The van der Waals surface area contributed by atoms with Crippen LogP contribution in [-0.4, -0.2) is 19.9 Å². The average Bonchev–Trinajstić information content (AvgIpc) is 2.98. The normalized spacial score (nSPS) is 10.8. The highest BCUT2D eigenvalue weighted by Crippen LogP contribution is 2.38. The van der Waals surface area contributed by atoms with Crippen molar-refractivity contribution in [3.8, 4) is 56.4 Å². The van der Waals surface area contributed by atoms with Crippen LogP contribution in [0.5, 0.6) is 0 Å². The Kier molecular flexibility index (Phi) is 6.24. The molecule has 0 radical (unpaired) electrons. The minimum absolute atomic E-state index is 0.613. The predicted octanol–water partition coefficient (Wildman–Crippen LogP) is 8.26. The number of pyridine rings is 1. The van der Waals surface area contributed by atoms with Gasteiger partial charge in [0.05, 0.1) is 0 Å². The second kappa shape index (κ2) is 10.1. The Hall–Kier alpha value is -4.67. The first-order chi connectivity index (χ1) is 18.3. The van der Waals surface area contributed by atoms with Crippen molar-refractivity contribution in [3.63, 3.8) is 0 Å². The monoisotopic (exact) mass is 496 g/mol. The number of nitrogens with zero attached hydrogens (tertiary/aromatic N) is 4. The van der Waals surface area contributed by atoms with Crippen LogP contribution in [0.25, 0.3) is 56.4 Å². The van der Waals surface area contributed by atoms with E-state index in [1.165, 1.54) is 0 Å². The van der Waals surface area contributed by atoms with E-state index in [1.807, 2.05) is 97.1 Å². The van der Waals surface area contributed by atoms with E-state index in [2.05, 4.69) is 23.2 Å². The Morgan fingerprint density at radius 2 is 0.946 bits per heavy atom. The SMILES string of the molecule is Clc1cccc(-c2cccc(-c3nc(-c4ccccc4)nc(-c4ccccc4)n3)c2)c1-c1ccncc1. The van der Waals surface area contributed by atoms with Gasteiger partial charge in [-0.05, 0) is 41.0 Å². The Labute approximate surface area is 220 Å². The fourth-order valence-corrected chi connectivity index (χ4v) is 4.62. The van der Waals surface area contributed by atoms with E-state index in [9.17, 15) is 0 Å². The standard InChI is InChI=1S/C32H21ClN4/c33-28-16-8-15-27(29(28)22-17-19-34-20-18-22)25-13-7-14-26(21-25)32-36-30(23-9-3-1-4-10-23)35-31(37-32)24-11-5-2-6-12-24/h1-21H. The molecule has 0 fully saturated rings. The summed E-state index contributed by atoms with van der Waals surface area (Å²) in [6, 6.07) is 38.1. The molecule has 0 spiro atoms. The summed E-state index contributed by atoms with van der Waals surface area (Å²) in [6.07, 6.45) is 3.56. The summed E-state index contributed by atoms with van der Waals surface area (Å²) in [5.41, 5.74) is 6.81. The molecule has 0 unspecified atom stereocenters. The van der Waals surface area contributed by atoms with Crippen LogP contribution in [0.1, 0.15) is 0 Å². The third-order valence-electron chi connectivity index (χ3n) is 6.11. The lowest BCUT2D eigenvalue weighted by molar-refractivity contribution is 1.07. The van der Waals surface area contributed by atoms with Gasteiger partial charge in [0.25, 0.3) is 0 Å². The molecule has 2 heterocycles. The molecule has 0 saturated heterocycles. The highest BCUT2D eigenvalue weighted by molar-refractivity contribution is 6.34. The quantitative estimate of drug-likeness (QED) is 0.241. The maximum atomic E-state index is 6.69. The number of halogens is 1. The molecule has 0 amide bonds. The Balaban J connectivity index is 1.51. The van der Waals surface area contributed by atoms with Gasteiger partial charge in [0.1, 0.15) is 0 Å². The van der Waals surface area contributed by atoms with Gasteiger partial charge in [-0.15, -0.1) is 0 Å². The van der Waals surface area contributed by atoms with Gasteiger partial charge in [-0.2, -0.15) is 0 Å². The first-order valence-electron chi connectivity index (χ1n) is 11.9. The topological polar surface area (TPSA) is 51.6 Å². The van der Waals surface area contributed by atoms with Crippen LogP contribution in [0.4, 0.5) is 0 Å². The van der Waals surface area contributed by atoms with Gasteiger partial charge in [-0.25, -0.2) is 15.0 Å². The van der Waals surface area contributed by atoms with Crippen LogP contribution in [0.2, 0.25) is 5.02 Å². The first kappa shape index (κ1) is 22.8. The number of benzene rings is 4. The molecule has 0 bridgehead atoms. The van der Waals surface area contributed by atoms with E-state index in [-0.39, 0.29) is 0 Å². The van der Waals surface area contributed by atoms with E-state index in [0.29, 0.717) is 22.5 Å². The van der Waals surface area contributed by atoms with Gasteiger partial charge in [-0.1, -0.05) is 103 Å². The molecular formula is C32H21ClN4. The van der Waals surface area contributed by atoms with Gasteiger partial charge < -0.3 is 0 Å². The molecule has 6 rings (SSSR count). The summed E-state index contributed by atoms with van der Waals surface area (Å²) in [4.78, 5) is 18.7. The molecule has 5 heteroatoms. The van der Waals surface area contributed by atoms with Crippen molar-refractivity contribution in [2.75, 3.05) is 0 Å². The third kappa shape index (κ3) is 4.75. The number of hydrogen-bond acceptors (Lipinski definition) is 4. The zero-order valence-electron chi connectivity index (χ0n) is 19.8. The molecule has 37 heavy (non-hydrogen) atoms. The van der Waals surface area contributed by atoms with Crippen molar-refractivity contribution >= 4 is 11.6 Å². The van der Waals surface area contributed by atoms with Crippen LogP contribution >= 0.6 is 11.6 Å². The fourth-order valence-electron chi connectivity index (χ4n) is 4.34. The van der Waals surface area contributed by atoms with Crippen LogP contribution in [0, 0.1) is 0 Å². The molecule has 4 aromatic carbocycles. The number of hydrogen-bond donors (Lipinski definition) is 0. The van der Waals surface area contributed by atoms with Gasteiger partial charge in [0.2, 0.25) is 0 Å². The molecule has 4 nitrogen and oxygen atoms in total. The summed E-state index contributed by atoms with van der Waals surface area (Å²) >= 11 is 6.69. The molecule has 0 atom stereocenters. The molecule has 0 saturated carbocycles. The minimum atomic E-state index is 0.613. The van der Waals surface area contributed by atoms with Crippen molar-refractivity contribution in [2.24, 2.45) is 0 Å². The van der Waals surface area contributed by atoms with Gasteiger partial charge >= 0.3 is 0 Å². The van der Waals surface area contributed by atoms with E-state index >= 15 is 0 Å². The highest BCUT2D eigenvalue weighted by Gasteiger charge is 2.15. The Bertz CT molecular complexity index is 1610. The van der Waals surface area contributed by atoms with Crippen molar-refractivity contribution in [3.05, 3.63) is 133 Å². The van der Waals surface area contributed by atoms with Gasteiger partial charge in [-0.3, -0.25) is 4.98 Å². The first-order valence-corrected chi connectivity index (χ1v) is 12.3. The van der Waals surface area contributed by atoms with Crippen molar-refractivity contribution < 1.29 is 0 Å². The van der Waals surface area contributed by atoms with Crippen molar-refractivity contribution in [1.82, 2.24) is 19.9 Å². The van der Waals surface area contributed by atoms with Crippen molar-refractivity contribution in [1.29, 1.82) is 0 Å². The largest absolute Gasteiger partial charge is 0.265 e. The van der Waals surface area contributed by atoms with E-state index < -0.39 is 0 Å². The maximum absolute atomic E-state index is 6.69. The second-order valence-electron chi connectivity index (χ2n) is 8.52. The maximum Gasteiger partial charge on any atom is 0.164 e. The smallest absolute Gasteiger partial charge is 0.164 e. The zero-order valence-corrected chi connectivity index (χ0v) is 20.5. The number of aromatic nitrogens is 4. The van der Waals surface area contributed by atoms with Crippen LogP contribution < -0.4 is 0 Å². The van der Waals surface area contributed by atoms with Crippen LogP contribution in [0.3, 0.4) is 0 Å². The molecule has 0 aliphatic heterocycles. The highest BCUT2D eigenvalue weighted by atomic mass is 35.5. The summed E-state index contributed by atoms with van der Waals surface area (Å²) in [5.74, 6) is 1.88. The molecular weight excluding hydrogens is 476 g/mol. The number of rotatable bonds is 5. The van der Waals surface area contributed by atoms with Crippen molar-refractivity contribution in [2.45, 2.75) is 0 Å². The minimum Gasteiger partial charge on any atom is -0.265 e. The third-order valence-corrected chi connectivity index (χ3v) is 6.43. The fraction of sp³-hybridized carbons (Fsp3) is 0. The lowest BCUT2D eigenvalue weighted by atomic mass is 9.94. The summed E-state index contributed by atoms with van der Waals surface area (Å²) in [7, 11) is 0. The molecule has 176 valence electrons. The van der Waals surface area contributed by atoms with Crippen LogP contribution in [-0.2, 0) is 0 Å². The predicted molar refractivity (Wildman–Crippen MR) is 150 cm³/mol. The van der Waals surface area contributed by atoms with Gasteiger partial charge in [0.15, 0.2) is 17.5 Å². The molecule has 2 aromatic heterocycles. The van der Waals surface area contributed by atoms with Gasteiger partial charge in [0, 0.05) is 39.7 Å². The Morgan fingerprint density at radius 3 is 1.57 bits per heavy atom. The van der Waals surface area contributed by atoms with E-state index in [4.69, 9.17) is 26.6 Å². The molecule has 6 aromatic rings. The molecule has 0 aliphatic carbocycles. The summed E-state index contributed by atoms with van der Waals surface area (Å²) in [6.45, 7) is 0. The zero-order chi connectivity index (χ0) is 25.0. The molecule has 0 aliphatic rings. The molecule has 0 N–H and O–H groups in total. The van der Waals surface area contributed by atoms with Crippen LogP contribution in [0.15, 0.2) is 128 Å². The lowest BCUT2D eigenvalue weighted by Gasteiger charge is -2.13. The lowest BCUT2D eigenvalue weighted by Crippen LogP contribution is -2.00. The summed E-state index contributed by atoms with van der Waals surface area (Å²) in [5, 5.41) is 0.687. The Morgan fingerprint density at radius 1 is 0.432 bits per heavy atom. The average molecular weight is 497 g/mol.